The van der Waals surface area contributed by atoms with Gasteiger partial charge in [-0.05, 0) is 23.6 Å². The number of rotatable bonds is 2. The molecule has 0 aromatic carbocycles. The van der Waals surface area contributed by atoms with Crippen LogP contribution < -0.4 is 0 Å². The van der Waals surface area contributed by atoms with E-state index in [9.17, 15) is 9.90 Å². The fourth-order valence-corrected chi connectivity index (χ4v) is 2.77. The predicted octanol–water partition coefficient (Wildman–Crippen LogP) is 3.41. The molecule has 3 aromatic rings. The molecule has 1 N–H and O–H groups in total. The molecule has 0 radical (unpaired) electrons. The molecular weight excluding hydrogens is 272 g/mol. The highest BCUT2D eigenvalue weighted by Crippen LogP contribution is 2.29. The van der Waals surface area contributed by atoms with Crippen LogP contribution in [0, 0.1) is 0 Å². The number of hydrogen-bond acceptors (Lipinski definition) is 3. The zero-order chi connectivity index (χ0) is 12.7. The first-order valence-corrected chi connectivity index (χ1v) is 6.38. The van der Waals surface area contributed by atoms with Crippen molar-refractivity contribution >= 4 is 34.4 Å². The second-order valence-electron chi connectivity index (χ2n) is 3.64. The highest BCUT2D eigenvalue weighted by molar-refractivity contribution is 7.13. The quantitative estimate of drug-likeness (QED) is 0.781. The van der Waals surface area contributed by atoms with Crippen LogP contribution in [-0.2, 0) is 0 Å². The second-order valence-corrected chi connectivity index (χ2v) is 4.95. The molecule has 0 amide bonds. The summed E-state index contributed by atoms with van der Waals surface area (Å²) >= 11 is 7.54. The molecule has 3 aromatic heterocycles. The van der Waals surface area contributed by atoms with Crippen LogP contribution in [0.4, 0.5) is 0 Å². The summed E-state index contributed by atoms with van der Waals surface area (Å²) in [6.45, 7) is 0. The van der Waals surface area contributed by atoms with Crippen molar-refractivity contribution in [2.24, 2.45) is 0 Å². The maximum absolute atomic E-state index is 11.3. The summed E-state index contributed by atoms with van der Waals surface area (Å²) in [6.07, 6.45) is 0. The summed E-state index contributed by atoms with van der Waals surface area (Å²) in [4.78, 5) is 16.4. The normalized spacial score (nSPS) is 10.9. The number of imidazole rings is 1. The molecule has 3 rings (SSSR count). The maximum Gasteiger partial charge on any atom is 0.352 e. The second kappa shape index (κ2) is 4.12. The van der Waals surface area contributed by atoms with Crippen LogP contribution in [-0.4, -0.2) is 20.5 Å². The van der Waals surface area contributed by atoms with Crippen LogP contribution in [0.15, 0.2) is 35.7 Å². The maximum atomic E-state index is 11.3. The first kappa shape index (κ1) is 11.3. The average Bonchev–Trinajstić information content (AvgIpc) is 2.97. The lowest BCUT2D eigenvalue weighted by molar-refractivity contribution is 0.0689. The Balaban J connectivity index is 2.43. The SMILES string of the molecule is O=C(O)c1cccc2c(Cl)nc(-c3cccs3)n12. The van der Waals surface area contributed by atoms with Crippen LogP contribution in [0.3, 0.4) is 0 Å². The van der Waals surface area contributed by atoms with E-state index < -0.39 is 5.97 Å². The molecule has 6 heteroatoms. The minimum absolute atomic E-state index is 0.148. The fraction of sp³-hybridized carbons (Fsp3) is 0. The van der Waals surface area contributed by atoms with Crippen LogP contribution in [0.2, 0.25) is 5.15 Å². The first-order chi connectivity index (χ1) is 8.68. The van der Waals surface area contributed by atoms with Crippen molar-refractivity contribution in [3.63, 3.8) is 0 Å². The number of carboxylic acid groups (broad SMARTS) is 1. The average molecular weight is 279 g/mol. The predicted molar refractivity (Wildman–Crippen MR) is 70.5 cm³/mol. The number of carboxylic acids is 1. The van der Waals surface area contributed by atoms with Crippen molar-refractivity contribution in [1.29, 1.82) is 0 Å². The molecule has 0 atom stereocenters. The van der Waals surface area contributed by atoms with Crippen LogP contribution in [0.25, 0.3) is 16.2 Å². The summed E-state index contributed by atoms with van der Waals surface area (Å²) in [5.74, 6) is -0.449. The number of pyridine rings is 1. The van der Waals surface area contributed by atoms with Gasteiger partial charge in [-0.25, -0.2) is 9.78 Å². The third-order valence-corrected chi connectivity index (χ3v) is 3.72. The van der Waals surface area contributed by atoms with E-state index in [1.54, 1.807) is 16.5 Å². The summed E-state index contributed by atoms with van der Waals surface area (Å²) in [7, 11) is 0. The molecule has 0 saturated carbocycles. The monoisotopic (exact) mass is 278 g/mol. The molecule has 0 aliphatic carbocycles. The van der Waals surface area contributed by atoms with Gasteiger partial charge in [0.05, 0.1) is 10.4 Å². The molecular formula is C12H7ClN2O2S. The molecule has 0 spiro atoms. The number of fused-ring (bicyclic) bond motifs is 1. The third-order valence-electron chi connectivity index (χ3n) is 2.58. The van der Waals surface area contributed by atoms with E-state index in [-0.39, 0.29) is 5.69 Å². The van der Waals surface area contributed by atoms with Crippen LogP contribution in [0.1, 0.15) is 10.5 Å². The number of aromatic carboxylic acids is 1. The Kier molecular flexibility index (Phi) is 2.57. The topological polar surface area (TPSA) is 54.6 Å². The summed E-state index contributed by atoms with van der Waals surface area (Å²) < 4.78 is 1.57. The van der Waals surface area contributed by atoms with E-state index in [0.29, 0.717) is 16.5 Å². The van der Waals surface area contributed by atoms with Gasteiger partial charge < -0.3 is 5.11 Å². The van der Waals surface area contributed by atoms with Crippen LogP contribution >= 0.6 is 22.9 Å². The van der Waals surface area contributed by atoms with Crippen molar-refractivity contribution in [2.75, 3.05) is 0 Å². The molecule has 0 fully saturated rings. The Labute approximate surface area is 111 Å². The van der Waals surface area contributed by atoms with E-state index in [4.69, 9.17) is 11.6 Å². The molecule has 3 heterocycles. The Morgan fingerprint density at radius 1 is 1.33 bits per heavy atom. The smallest absolute Gasteiger partial charge is 0.352 e. The molecule has 0 saturated heterocycles. The van der Waals surface area contributed by atoms with Gasteiger partial charge in [0.1, 0.15) is 5.69 Å². The van der Waals surface area contributed by atoms with Crippen molar-refractivity contribution < 1.29 is 9.90 Å². The Morgan fingerprint density at radius 3 is 2.83 bits per heavy atom. The first-order valence-electron chi connectivity index (χ1n) is 5.12. The number of nitrogens with zero attached hydrogens (tertiary/aromatic N) is 2. The molecule has 18 heavy (non-hydrogen) atoms. The van der Waals surface area contributed by atoms with Gasteiger partial charge in [0, 0.05) is 0 Å². The molecule has 4 nitrogen and oxygen atoms in total. The zero-order valence-corrected chi connectivity index (χ0v) is 10.6. The highest BCUT2D eigenvalue weighted by atomic mass is 35.5. The van der Waals surface area contributed by atoms with Gasteiger partial charge in [-0.2, -0.15) is 0 Å². The number of halogens is 1. The van der Waals surface area contributed by atoms with E-state index >= 15 is 0 Å². The molecule has 0 aliphatic rings. The Bertz CT molecular complexity index is 734. The Morgan fingerprint density at radius 2 is 2.17 bits per heavy atom. The van der Waals surface area contributed by atoms with Gasteiger partial charge >= 0.3 is 5.97 Å². The summed E-state index contributed by atoms with van der Waals surface area (Å²) in [5, 5.41) is 11.4. The minimum atomic E-state index is -1.01. The van der Waals surface area contributed by atoms with Gasteiger partial charge in [0.25, 0.3) is 0 Å². The van der Waals surface area contributed by atoms with Crippen LogP contribution in [0.5, 0.6) is 0 Å². The molecule has 0 aliphatic heterocycles. The standard InChI is InChI=1S/C12H7ClN2O2S/c13-10-7-3-1-4-8(12(16)17)15(7)11(14-10)9-5-2-6-18-9/h1-6H,(H,16,17). The van der Waals surface area contributed by atoms with Gasteiger partial charge in [-0.3, -0.25) is 4.40 Å². The number of aromatic nitrogens is 2. The van der Waals surface area contributed by atoms with Crippen molar-refractivity contribution in [2.45, 2.75) is 0 Å². The summed E-state index contributed by atoms with van der Waals surface area (Å²) in [5.41, 5.74) is 0.746. The largest absolute Gasteiger partial charge is 0.477 e. The van der Waals surface area contributed by atoms with Gasteiger partial charge in [0.15, 0.2) is 11.0 Å². The summed E-state index contributed by atoms with van der Waals surface area (Å²) in [6, 6.07) is 8.71. The molecule has 0 unspecified atom stereocenters. The van der Waals surface area contributed by atoms with Gasteiger partial charge in [-0.15, -0.1) is 11.3 Å². The molecule has 90 valence electrons. The minimum Gasteiger partial charge on any atom is -0.477 e. The van der Waals surface area contributed by atoms with Crippen molar-refractivity contribution in [3.05, 3.63) is 46.6 Å². The number of carbonyl (C=O) groups is 1. The Hall–Kier alpha value is -1.85. The van der Waals surface area contributed by atoms with Gasteiger partial charge in [-0.1, -0.05) is 23.7 Å². The van der Waals surface area contributed by atoms with Crippen molar-refractivity contribution in [3.8, 4) is 10.7 Å². The third kappa shape index (κ3) is 1.60. The molecule has 0 bridgehead atoms. The lowest BCUT2D eigenvalue weighted by atomic mass is 10.3. The lowest BCUT2D eigenvalue weighted by Gasteiger charge is -2.03. The zero-order valence-electron chi connectivity index (χ0n) is 9.00. The van der Waals surface area contributed by atoms with Crippen molar-refractivity contribution in [1.82, 2.24) is 9.38 Å². The van der Waals surface area contributed by atoms with Gasteiger partial charge in [0.2, 0.25) is 0 Å². The fourth-order valence-electron chi connectivity index (χ4n) is 1.84. The van der Waals surface area contributed by atoms with E-state index in [1.807, 2.05) is 17.5 Å². The number of hydrogen-bond donors (Lipinski definition) is 1. The lowest BCUT2D eigenvalue weighted by Crippen LogP contribution is -2.05. The van der Waals surface area contributed by atoms with E-state index in [2.05, 4.69) is 4.98 Å². The number of thiophene rings is 1. The van der Waals surface area contributed by atoms with E-state index in [1.165, 1.54) is 17.4 Å². The van der Waals surface area contributed by atoms with E-state index in [0.717, 1.165) is 4.88 Å². The highest BCUT2D eigenvalue weighted by Gasteiger charge is 2.17.